The Labute approximate surface area is 188 Å². The summed E-state index contributed by atoms with van der Waals surface area (Å²) in [4.78, 5) is 21.1. The number of aliphatic hydroxyl groups excluding tert-OH is 1. The summed E-state index contributed by atoms with van der Waals surface area (Å²) < 4.78 is 14.3. The highest BCUT2D eigenvalue weighted by Gasteiger charge is 2.41. The molecule has 1 fully saturated rings. The molecule has 1 amide bonds. The third-order valence-electron chi connectivity index (χ3n) is 5.59. The molecule has 0 saturated heterocycles. The highest BCUT2D eigenvalue weighted by atomic mass is 32.1. The molecular weight excluding hydrogens is 433 g/mol. The zero-order valence-corrected chi connectivity index (χ0v) is 18.1. The normalized spacial score (nSPS) is 15.6. The average molecular weight is 458 g/mol. The van der Waals surface area contributed by atoms with Crippen LogP contribution in [-0.2, 0) is 16.8 Å². The van der Waals surface area contributed by atoms with Crippen LogP contribution in [0.5, 0.6) is 0 Å². The number of nitrogens with one attached hydrogen (secondary N) is 2. The van der Waals surface area contributed by atoms with Crippen LogP contribution in [0.2, 0.25) is 0 Å². The number of carbonyl (C=O) groups is 1. The third-order valence-corrected chi connectivity index (χ3v) is 6.61. The molecule has 0 aliphatic heterocycles. The highest BCUT2D eigenvalue weighted by molar-refractivity contribution is 7.15. The van der Waals surface area contributed by atoms with E-state index in [0.717, 1.165) is 24.1 Å². The number of pyridine rings is 1. The average Bonchev–Trinajstić information content (AvgIpc) is 3.26. The van der Waals surface area contributed by atoms with Crippen LogP contribution in [0.25, 0.3) is 10.7 Å². The van der Waals surface area contributed by atoms with Gasteiger partial charge in [0.2, 0.25) is 5.91 Å². The van der Waals surface area contributed by atoms with Crippen LogP contribution < -0.4 is 16.4 Å². The Morgan fingerprint density at radius 3 is 2.78 bits per heavy atom. The van der Waals surface area contributed by atoms with Gasteiger partial charge < -0.3 is 21.5 Å². The van der Waals surface area contributed by atoms with Gasteiger partial charge in [-0.2, -0.15) is 0 Å². The van der Waals surface area contributed by atoms with Gasteiger partial charge in [0.15, 0.2) is 0 Å². The second kappa shape index (κ2) is 9.63. The molecule has 0 bridgehead atoms. The molecule has 0 spiro atoms. The Kier molecular flexibility index (Phi) is 6.68. The maximum Gasteiger partial charge on any atom is 0.239 e. The van der Waals surface area contributed by atoms with Gasteiger partial charge in [-0.15, -0.1) is 21.5 Å². The van der Waals surface area contributed by atoms with Crippen molar-refractivity contribution in [3.05, 3.63) is 53.0 Å². The Balaban J connectivity index is 1.36. The van der Waals surface area contributed by atoms with E-state index < -0.39 is 18.6 Å². The molecule has 1 aliphatic carbocycles. The molecule has 0 aromatic carbocycles. The molecule has 3 aromatic heterocycles. The standard InChI is InChI=1S/C21H24FN7O2S/c22-14-3-1-8-24-18(14)21(6-2-7-21)12-27-17-5-4-16(28-29-17)20-26-10-13(32-20)9-25-19(31)15(23)11-30/h1,3-5,8,10,15,30H,2,6-7,9,11-12,23H2,(H,25,31)(H,27,29). The molecule has 9 nitrogen and oxygen atoms in total. The first-order valence-electron chi connectivity index (χ1n) is 10.3. The van der Waals surface area contributed by atoms with E-state index in [4.69, 9.17) is 10.8 Å². The van der Waals surface area contributed by atoms with Crippen LogP contribution in [0.1, 0.15) is 29.8 Å². The predicted molar refractivity (Wildman–Crippen MR) is 118 cm³/mol. The summed E-state index contributed by atoms with van der Waals surface area (Å²) in [5.41, 5.74) is 6.27. The molecule has 4 rings (SSSR count). The lowest BCUT2D eigenvalue weighted by Gasteiger charge is -2.41. The van der Waals surface area contributed by atoms with Crippen molar-refractivity contribution in [2.24, 2.45) is 5.73 Å². The second-order valence-electron chi connectivity index (χ2n) is 7.76. The SMILES string of the molecule is NC(CO)C(=O)NCc1cnc(-c2ccc(NCC3(c4ncccc4F)CCC3)nn2)s1. The fraction of sp³-hybridized carbons (Fsp3) is 0.381. The van der Waals surface area contributed by atoms with Gasteiger partial charge in [0, 0.05) is 29.2 Å². The van der Waals surface area contributed by atoms with E-state index in [2.05, 4.69) is 30.8 Å². The minimum absolute atomic E-state index is 0.267. The number of carbonyl (C=O) groups excluding carboxylic acids is 1. The number of anilines is 1. The largest absolute Gasteiger partial charge is 0.394 e. The number of amides is 1. The number of halogens is 1. The summed E-state index contributed by atoms with van der Waals surface area (Å²) in [6.07, 6.45) is 6.07. The van der Waals surface area contributed by atoms with E-state index in [0.29, 0.717) is 28.8 Å². The molecule has 3 aromatic rings. The fourth-order valence-corrected chi connectivity index (χ4v) is 4.39. The number of hydrogen-bond acceptors (Lipinski definition) is 9. The summed E-state index contributed by atoms with van der Waals surface area (Å²) in [6, 6.07) is 5.73. The fourth-order valence-electron chi connectivity index (χ4n) is 3.57. The molecule has 168 valence electrons. The minimum atomic E-state index is -0.943. The number of thiazole rings is 1. The molecule has 1 saturated carbocycles. The lowest BCUT2D eigenvalue weighted by molar-refractivity contribution is -0.123. The van der Waals surface area contributed by atoms with Crippen LogP contribution in [-0.4, -0.2) is 50.4 Å². The van der Waals surface area contributed by atoms with Gasteiger partial charge in [-0.05, 0) is 37.1 Å². The predicted octanol–water partition coefficient (Wildman–Crippen LogP) is 1.60. The Morgan fingerprint density at radius 1 is 1.28 bits per heavy atom. The summed E-state index contributed by atoms with van der Waals surface area (Å²) >= 11 is 1.38. The lowest BCUT2D eigenvalue weighted by atomic mass is 9.66. The van der Waals surface area contributed by atoms with Crippen molar-refractivity contribution >= 4 is 23.1 Å². The number of nitrogens with zero attached hydrogens (tertiary/aromatic N) is 4. The van der Waals surface area contributed by atoms with Gasteiger partial charge in [0.25, 0.3) is 0 Å². The zero-order chi connectivity index (χ0) is 22.6. The van der Waals surface area contributed by atoms with Crippen molar-refractivity contribution in [2.75, 3.05) is 18.5 Å². The Hall–Kier alpha value is -3.02. The van der Waals surface area contributed by atoms with Crippen LogP contribution in [0.3, 0.4) is 0 Å². The van der Waals surface area contributed by atoms with Crippen LogP contribution >= 0.6 is 11.3 Å². The molecular formula is C21H24FN7O2S. The molecule has 1 aliphatic rings. The van der Waals surface area contributed by atoms with E-state index >= 15 is 0 Å². The van der Waals surface area contributed by atoms with E-state index in [-0.39, 0.29) is 17.8 Å². The van der Waals surface area contributed by atoms with Crippen LogP contribution in [0.4, 0.5) is 10.2 Å². The van der Waals surface area contributed by atoms with Crippen molar-refractivity contribution in [1.82, 2.24) is 25.5 Å². The number of hydrogen-bond donors (Lipinski definition) is 4. The Morgan fingerprint density at radius 2 is 2.12 bits per heavy atom. The monoisotopic (exact) mass is 457 g/mol. The number of rotatable bonds is 9. The van der Waals surface area contributed by atoms with Crippen LogP contribution in [0, 0.1) is 5.82 Å². The summed E-state index contributed by atoms with van der Waals surface area (Å²) in [7, 11) is 0. The lowest BCUT2D eigenvalue weighted by Crippen LogP contribution is -2.42. The van der Waals surface area contributed by atoms with Gasteiger partial charge in [-0.3, -0.25) is 9.78 Å². The first-order chi connectivity index (χ1) is 15.5. The quantitative estimate of drug-likeness (QED) is 0.380. The molecule has 1 unspecified atom stereocenters. The van der Waals surface area contributed by atoms with Crippen molar-refractivity contribution < 1.29 is 14.3 Å². The summed E-state index contributed by atoms with van der Waals surface area (Å²) in [6.45, 7) is 0.392. The number of aromatic nitrogens is 4. The third kappa shape index (κ3) is 4.74. The van der Waals surface area contributed by atoms with Gasteiger partial charge in [-0.25, -0.2) is 9.37 Å². The Bertz CT molecular complexity index is 1070. The van der Waals surface area contributed by atoms with Gasteiger partial charge in [-0.1, -0.05) is 6.42 Å². The van der Waals surface area contributed by atoms with Crippen molar-refractivity contribution in [3.63, 3.8) is 0 Å². The van der Waals surface area contributed by atoms with E-state index in [1.54, 1.807) is 18.5 Å². The van der Waals surface area contributed by atoms with E-state index in [1.807, 2.05) is 12.1 Å². The van der Waals surface area contributed by atoms with Gasteiger partial charge in [0.05, 0.1) is 18.8 Å². The van der Waals surface area contributed by atoms with Crippen LogP contribution in [0.15, 0.2) is 36.7 Å². The second-order valence-corrected chi connectivity index (χ2v) is 8.88. The maximum absolute atomic E-state index is 14.3. The number of nitrogens with two attached hydrogens (primary N) is 1. The van der Waals surface area contributed by atoms with E-state index in [1.165, 1.54) is 17.4 Å². The molecule has 0 radical (unpaired) electrons. The topological polar surface area (TPSA) is 139 Å². The molecule has 1 atom stereocenters. The van der Waals surface area contributed by atoms with Gasteiger partial charge in [0.1, 0.15) is 28.4 Å². The molecule has 5 N–H and O–H groups in total. The molecule has 3 heterocycles. The highest BCUT2D eigenvalue weighted by Crippen LogP contribution is 2.43. The summed E-state index contributed by atoms with van der Waals surface area (Å²) in [5, 5.41) is 24.0. The van der Waals surface area contributed by atoms with Crippen molar-refractivity contribution in [3.8, 4) is 10.7 Å². The zero-order valence-electron chi connectivity index (χ0n) is 17.3. The number of aliphatic hydroxyl groups is 1. The van der Waals surface area contributed by atoms with Gasteiger partial charge >= 0.3 is 0 Å². The van der Waals surface area contributed by atoms with E-state index in [9.17, 15) is 9.18 Å². The van der Waals surface area contributed by atoms with Crippen molar-refractivity contribution in [2.45, 2.75) is 37.3 Å². The first kappa shape index (κ1) is 22.2. The first-order valence-corrected chi connectivity index (χ1v) is 11.1. The summed E-state index contributed by atoms with van der Waals surface area (Å²) in [5.74, 6) is -0.101. The minimum Gasteiger partial charge on any atom is -0.394 e. The maximum atomic E-state index is 14.3. The van der Waals surface area contributed by atoms with Crippen molar-refractivity contribution in [1.29, 1.82) is 0 Å². The smallest absolute Gasteiger partial charge is 0.239 e. The molecule has 11 heteroatoms. The molecule has 32 heavy (non-hydrogen) atoms.